The van der Waals surface area contributed by atoms with Crippen LogP contribution in [0, 0.1) is 11.3 Å². The van der Waals surface area contributed by atoms with Crippen LogP contribution in [0.4, 0.5) is 18.9 Å². The summed E-state index contributed by atoms with van der Waals surface area (Å²) >= 11 is 0. The van der Waals surface area contributed by atoms with Crippen LogP contribution in [0.1, 0.15) is 29.5 Å². The van der Waals surface area contributed by atoms with Crippen molar-refractivity contribution in [1.82, 2.24) is 0 Å². The number of halogens is 3. The monoisotopic (exact) mass is 515 g/mol. The van der Waals surface area contributed by atoms with Crippen molar-refractivity contribution in [3.8, 4) is 6.07 Å². The molecule has 0 aliphatic carbocycles. The number of rotatable bonds is 7. The maximum absolute atomic E-state index is 13.5. The van der Waals surface area contributed by atoms with Gasteiger partial charge < -0.3 is 19.9 Å². The molecule has 194 valence electrons. The first-order chi connectivity index (χ1) is 17.6. The first kappa shape index (κ1) is 27.3. The Bertz CT molecular complexity index is 1290. The fourth-order valence-electron chi connectivity index (χ4n) is 4.10. The molecule has 0 radical (unpaired) electrons. The van der Waals surface area contributed by atoms with Crippen LogP contribution in [-0.4, -0.2) is 39.4 Å². The summed E-state index contributed by atoms with van der Waals surface area (Å²) in [4.78, 5) is 27.6. The van der Waals surface area contributed by atoms with Crippen LogP contribution in [0.5, 0.6) is 0 Å². The number of esters is 2. The van der Waals surface area contributed by atoms with Crippen molar-refractivity contribution in [2.24, 2.45) is 5.73 Å². The first-order valence-corrected chi connectivity index (χ1v) is 11.0. The zero-order valence-corrected chi connectivity index (χ0v) is 20.3. The van der Waals surface area contributed by atoms with Crippen molar-refractivity contribution in [3.05, 3.63) is 87.9 Å². The van der Waals surface area contributed by atoms with Crippen LogP contribution in [-0.2, 0) is 30.0 Å². The van der Waals surface area contributed by atoms with Gasteiger partial charge in [0, 0.05) is 12.8 Å². The van der Waals surface area contributed by atoms with Crippen molar-refractivity contribution in [2.45, 2.75) is 19.0 Å². The van der Waals surface area contributed by atoms with Gasteiger partial charge in [-0.25, -0.2) is 9.59 Å². The Hall–Kier alpha value is -4.30. The van der Waals surface area contributed by atoms with E-state index >= 15 is 0 Å². The minimum Gasteiger partial charge on any atom is -0.466 e. The topological polar surface area (TPSA) is 115 Å². The van der Waals surface area contributed by atoms with Gasteiger partial charge in [0.05, 0.1) is 60.3 Å². The van der Waals surface area contributed by atoms with Crippen LogP contribution in [0.3, 0.4) is 0 Å². The number of nitrogens with zero attached hydrogens (tertiary/aromatic N) is 2. The largest absolute Gasteiger partial charge is 0.466 e. The molecule has 0 spiro atoms. The third-order valence-corrected chi connectivity index (χ3v) is 5.66. The fraction of sp³-hybridized carbons (Fsp3) is 0.269. The van der Waals surface area contributed by atoms with Crippen molar-refractivity contribution in [2.75, 3.05) is 32.3 Å². The molecule has 1 unspecified atom stereocenters. The molecule has 0 saturated carbocycles. The number of carbonyl (C=O) groups excluding carboxylic acids is 2. The summed E-state index contributed by atoms with van der Waals surface area (Å²) in [7, 11) is 2.47. The van der Waals surface area contributed by atoms with Crippen LogP contribution >= 0.6 is 0 Å². The molecule has 1 aliphatic rings. The van der Waals surface area contributed by atoms with E-state index in [1.807, 2.05) is 6.07 Å². The number of alkyl halides is 3. The molecular formula is C26H24F3N3O5. The predicted molar refractivity (Wildman–Crippen MR) is 127 cm³/mol. The molecule has 0 aromatic heterocycles. The SMILES string of the molecule is CCOC(=O)C1=C(N)N(c2cccc(C(F)(F)F)c2)C(COC)=C(C(=O)OC)C1c1ccc(C#N)cc1. The lowest BCUT2D eigenvalue weighted by molar-refractivity contribution is -0.139. The highest BCUT2D eigenvalue weighted by Crippen LogP contribution is 2.44. The number of carbonyl (C=O) groups is 2. The number of benzene rings is 2. The van der Waals surface area contributed by atoms with Crippen molar-refractivity contribution in [1.29, 1.82) is 5.26 Å². The van der Waals surface area contributed by atoms with Gasteiger partial charge in [-0.2, -0.15) is 18.4 Å². The molecule has 0 bridgehead atoms. The van der Waals surface area contributed by atoms with Gasteiger partial charge in [-0.1, -0.05) is 18.2 Å². The number of ether oxygens (including phenoxy) is 3. The van der Waals surface area contributed by atoms with E-state index in [-0.39, 0.29) is 41.6 Å². The maximum atomic E-state index is 13.5. The van der Waals surface area contributed by atoms with Gasteiger partial charge in [0.25, 0.3) is 0 Å². The lowest BCUT2D eigenvalue weighted by atomic mass is 9.80. The maximum Gasteiger partial charge on any atom is 0.416 e. The van der Waals surface area contributed by atoms with Crippen molar-refractivity contribution in [3.63, 3.8) is 0 Å². The molecule has 37 heavy (non-hydrogen) atoms. The van der Waals surface area contributed by atoms with E-state index in [2.05, 4.69) is 0 Å². The molecule has 11 heteroatoms. The Morgan fingerprint density at radius 3 is 2.30 bits per heavy atom. The Morgan fingerprint density at radius 2 is 1.76 bits per heavy atom. The van der Waals surface area contributed by atoms with E-state index in [0.717, 1.165) is 24.1 Å². The number of nitriles is 1. The predicted octanol–water partition coefficient (Wildman–Crippen LogP) is 3.99. The Labute approximate surface area is 211 Å². The van der Waals surface area contributed by atoms with Crippen molar-refractivity contribution >= 4 is 17.6 Å². The van der Waals surface area contributed by atoms with E-state index in [4.69, 9.17) is 19.9 Å². The van der Waals surface area contributed by atoms with E-state index < -0.39 is 29.6 Å². The van der Waals surface area contributed by atoms with E-state index in [1.165, 1.54) is 31.4 Å². The second kappa shape index (κ2) is 11.2. The zero-order valence-electron chi connectivity index (χ0n) is 20.3. The number of hydrogen-bond acceptors (Lipinski definition) is 8. The van der Waals surface area contributed by atoms with Crippen LogP contribution in [0.25, 0.3) is 0 Å². The fourth-order valence-corrected chi connectivity index (χ4v) is 4.10. The molecule has 2 aromatic carbocycles. The summed E-state index contributed by atoms with van der Waals surface area (Å²) in [5, 5.41) is 9.18. The second-order valence-corrected chi connectivity index (χ2v) is 7.85. The minimum atomic E-state index is -4.66. The smallest absolute Gasteiger partial charge is 0.416 e. The molecule has 1 atom stereocenters. The van der Waals surface area contributed by atoms with Crippen LogP contribution < -0.4 is 10.6 Å². The lowest BCUT2D eigenvalue weighted by Gasteiger charge is -2.38. The van der Waals surface area contributed by atoms with Gasteiger partial charge in [0.1, 0.15) is 5.82 Å². The summed E-state index contributed by atoms with van der Waals surface area (Å²) < 4.78 is 56.1. The van der Waals surface area contributed by atoms with Gasteiger partial charge in [-0.05, 0) is 42.8 Å². The van der Waals surface area contributed by atoms with Gasteiger partial charge in [0.2, 0.25) is 0 Å². The standard InChI is InChI=1S/C26H24F3N3O5/c1-4-37-25(34)22-20(16-10-8-15(13-30)9-11-16)21(24(33)36-3)19(14-35-2)32(23(22)31)18-7-5-6-17(12-18)26(27,28)29/h5-12,20H,4,14,31H2,1-3H3. The van der Waals surface area contributed by atoms with Gasteiger partial charge in [-0.3, -0.25) is 4.90 Å². The van der Waals surface area contributed by atoms with Crippen LogP contribution in [0.2, 0.25) is 0 Å². The Kier molecular flexibility index (Phi) is 8.24. The summed E-state index contributed by atoms with van der Waals surface area (Å²) in [5.74, 6) is -3.09. The van der Waals surface area contributed by atoms with Crippen molar-refractivity contribution < 1.29 is 37.0 Å². The second-order valence-electron chi connectivity index (χ2n) is 7.85. The highest BCUT2D eigenvalue weighted by molar-refractivity contribution is 6.01. The molecule has 3 rings (SSSR count). The molecule has 1 heterocycles. The summed E-state index contributed by atoms with van der Waals surface area (Å²) in [6.07, 6.45) is -4.66. The lowest BCUT2D eigenvalue weighted by Crippen LogP contribution is -2.41. The molecule has 2 N–H and O–H groups in total. The molecular weight excluding hydrogens is 491 g/mol. The number of methoxy groups -OCH3 is 2. The zero-order chi connectivity index (χ0) is 27.3. The van der Waals surface area contributed by atoms with Gasteiger partial charge in [-0.15, -0.1) is 0 Å². The van der Waals surface area contributed by atoms with Gasteiger partial charge >= 0.3 is 18.1 Å². The summed E-state index contributed by atoms with van der Waals surface area (Å²) in [6.45, 7) is 1.29. The molecule has 0 saturated heterocycles. The summed E-state index contributed by atoms with van der Waals surface area (Å²) in [6, 6.07) is 12.4. The minimum absolute atomic E-state index is 0.0263. The van der Waals surface area contributed by atoms with Crippen LogP contribution in [0.15, 0.2) is 71.2 Å². The van der Waals surface area contributed by atoms with E-state index in [1.54, 1.807) is 19.1 Å². The first-order valence-electron chi connectivity index (χ1n) is 11.0. The van der Waals surface area contributed by atoms with Gasteiger partial charge in [0.15, 0.2) is 0 Å². The molecule has 1 aliphatic heterocycles. The number of hydrogen-bond donors (Lipinski definition) is 1. The molecule has 0 fully saturated rings. The normalized spacial score (nSPS) is 15.9. The highest BCUT2D eigenvalue weighted by atomic mass is 19.4. The third-order valence-electron chi connectivity index (χ3n) is 5.66. The highest BCUT2D eigenvalue weighted by Gasteiger charge is 2.43. The molecule has 2 aromatic rings. The summed E-state index contributed by atoms with van der Waals surface area (Å²) in [5.41, 5.74) is 6.03. The molecule has 0 amide bonds. The molecule has 8 nitrogen and oxygen atoms in total. The number of nitrogens with two attached hydrogens (primary N) is 1. The van der Waals surface area contributed by atoms with E-state index in [9.17, 15) is 28.0 Å². The number of anilines is 1. The average molecular weight is 515 g/mol. The Balaban J connectivity index is 2.40. The quantitative estimate of drug-likeness (QED) is 0.551. The average Bonchev–Trinajstić information content (AvgIpc) is 2.88. The third kappa shape index (κ3) is 5.44. The Morgan fingerprint density at radius 1 is 1.08 bits per heavy atom. The van der Waals surface area contributed by atoms with E-state index in [0.29, 0.717) is 11.1 Å².